The molecule has 0 aliphatic carbocycles. The number of carbonyl (C=O) groups excluding carboxylic acids is 1. The van der Waals surface area contributed by atoms with Gasteiger partial charge in [0.15, 0.2) is 0 Å². The standard InChI is InChI=1S/C11H16N2OS/c14-11(10-5-1-2-6-12-10)13-8-9-4-3-7-15-9/h3-4,7,10,12H,1-2,5-6,8H2,(H,13,14)/t10-/m0/s1. The maximum Gasteiger partial charge on any atom is 0.237 e. The zero-order chi connectivity index (χ0) is 10.5. The highest BCUT2D eigenvalue weighted by molar-refractivity contribution is 7.09. The molecule has 0 aromatic carbocycles. The number of hydrogen-bond donors (Lipinski definition) is 2. The first-order chi connectivity index (χ1) is 7.36. The fraction of sp³-hybridized carbons (Fsp3) is 0.545. The topological polar surface area (TPSA) is 41.1 Å². The fourth-order valence-electron chi connectivity index (χ4n) is 1.79. The lowest BCUT2D eigenvalue weighted by Gasteiger charge is -2.22. The Bertz CT molecular complexity index is 304. The van der Waals surface area contributed by atoms with E-state index in [0.29, 0.717) is 6.54 Å². The molecular weight excluding hydrogens is 208 g/mol. The van der Waals surface area contributed by atoms with Crippen LogP contribution in [0.2, 0.25) is 0 Å². The summed E-state index contributed by atoms with van der Waals surface area (Å²) in [5, 5.41) is 8.23. The summed E-state index contributed by atoms with van der Waals surface area (Å²) in [6, 6.07) is 4.07. The van der Waals surface area contributed by atoms with Crippen molar-refractivity contribution in [3.05, 3.63) is 22.4 Å². The Morgan fingerprint density at radius 3 is 3.20 bits per heavy atom. The van der Waals surface area contributed by atoms with Gasteiger partial charge in [-0.25, -0.2) is 0 Å². The lowest BCUT2D eigenvalue weighted by Crippen LogP contribution is -2.46. The van der Waals surface area contributed by atoms with E-state index in [9.17, 15) is 4.79 Å². The zero-order valence-electron chi connectivity index (χ0n) is 8.66. The van der Waals surface area contributed by atoms with E-state index < -0.39 is 0 Å². The molecule has 15 heavy (non-hydrogen) atoms. The Hall–Kier alpha value is -0.870. The third-order valence-corrected chi connectivity index (χ3v) is 3.52. The number of nitrogens with one attached hydrogen (secondary N) is 2. The van der Waals surface area contributed by atoms with Crippen LogP contribution in [0.25, 0.3) is 0 Å². The number of amides is 1. The summed E-state index contributed by atoms with van der Waals surface area (Å²) in [5.74, 6) is 0.142. The zero-order valence-corrected chi connectivity index (χ0v) is 9.48. The van der Waals surface area contributed by atoms with E-state index in [0.717, 1.165) is 19.4 Å². The molecular formula is C11H16N2OS. The van der Waals surface area contributed by atoms with Crippen molar-refractivity contribution in [3.63, 3.8) is 0 Å². The number of rotatable bonds is 3. The van der Waals surface area contributed by atoms with E-state index in [1.54, 1.807) is 11.3 Å². The van der Waals surface area contributed by atoms with E-state index in [1.165, 1.54) is 11.3 Å². The lowest BCUT2D eigenvalue weighted by molar-refractivity contribution is -0.123. The first-order valence-corrected chi connectivity index (χ1v) is 6.28. The molecule has 1 aliphatic heterocycles. The minimum atomic E-state index is 0.0266. The summed E-state index contributed by atoms with van der Waals surface area (Å²) in [6.07, 6.45) is 3.31. The minimum Gasteiger partial charge on any atom is -0.350 e. The number of piperidine rings is 1. The molecule has 3 nitrogen and oxygen atoms in total. The van der Waals surface area contributed by atoms with Gasteiger partial charge < -0.3 is 10.6 Å². The van der Waals surface area contributed by atoms with Crippen LogP contribution >= 0.6 is 11.3 Å². The first kappa shape index (κ1) is 10.6. The van der Waals surface area contributed by atoms with E-state index in [4.69, 9.17) is 0 Å². The molecule has 2 heterocycles. The molecule has 0 bridgehead atoms. The highest BCUT2D eigenvalue weighted by Gasteiger charge is 2.19. The van der Waals surface area contributed by atoms with Crippen LogP contribution in [-0.4, -0.2) is 18.5 Å². The third kappa shape index (κ3) is 3.04. The maximum atomic E-state index is 11.7. The second-order valence-corrected chi connectivity index (χ2v) is 4.83. The molecule has 82 valence electrons. The summed E-state index contributed by atoms with van der Waals surface area (Å²) >= 11 is 1.68. The van der Waals surface area contributed by atoms with Gasteiger partial charge in [0, 0.05) is 4.88 Å². The predicted octanol–water partition coefficient (Wildman–Crippen LogP) is 1.51. The SMILES string of the molecule is O=C(NCc1cccs1)[C@@H]1CCCCN1. The highest BCUT2D eigenvalue weighted by Crippen LogP contribution is 2.09. The second kappa shape index (κ2) is 5.28. The Morgan fingerprint density at radius 1 is 1.60 bits per heavy atom. The van der Waals surface area contributed by atoms with Crippen LogP contribution in [0.1, 0.15) is 24.1 Å². The number of thiophene rings is 1. The minimum absolute atomic E-state index is 0.0266. The van der Waals surface area contributed by atoms with Gasteiger partial charge in [0.25, 0.3) is 0 Å². The summed E-state index contributed by atoms with van der Waals surface area (Å²) in [6.45, 7) is 1.63. The molecule has 1 aromatic rings. The van der Waals surface area contributed by atoms with E-state index in [-0.39, 0.29) is 11.9 Å². The van der Waals surface area contributed by atoms with Crippen molar-refractivity contribution in [1.82, 2.24) is 10.6 Å². The van der Waals surface area contributed by atoms with Crippen molar-refractivity contribution >= 4 is 17.2 Å². The van der Waals surface area contributed by atoms with Crippen molar-refractivity contribution in [2.24, 2.45) is 0 Å². The molecule has 1 saturated heterocycles. The molecule has 1 fully saturated rings. The molecule has 0 saturated carbocycles. The van der Waals surface area contributed by atoms with E-state index in [2.05, 4.69) is 10.6 Å². The van der Waals surface area contributed by atoms with E-state index in [1.807, 2.05) is 17.5 Å². The fourth-order valence-corrected chi connectivity index (χ4v) is 2.43. The molecule has 2 N–H and O–H groups in total. The van der Waals surface area contributed by atoms with Crippen LogP contribution in [0.4, 0.5) is 0 Å². The van der Waals surface area contributed by atoms with E-state index >= 15 is 0 Å². The lowest BCUT2D eigenvalue weighted by atomic mass is 10.0. The van der Waals surface area contributed by atoms with Crippen molar-refractivity contribution in [3.8, 4) is 0 Å². The summed E-state index contributed by atoms with van der Waals surface area (Å²) < 4.78 is 0. The molecule has 1 atom stereocenters. The summed E-state index contributed by atoms with van der Waals surface area (Å²) in [4.78, 5) is 12.9. The Kier molecular flexibility index (Phi) is 3.75. The van der Waals surface area contributed by atoms with Crippen molar-refractivity contribution in [2.45, 2.75) is 31.8 Å². The second-order valence-electron chi connectivity index (χ2n) is 3.80. The monoisotopic (exact) mass is 224 g/mol. The Balaban J connectivity index is 1.76. The maximum absolute atomic E-state index is 11.7. The summed E-state index contributed by atoms with van der Waals surface area (Å²) in [5.41, 5.74) is 0. The largest absolute Gasteiger partial charge is 0.350 e. The molecule has 1 aromatic heterocycles. The molecule has 0 spiro atoms. The van der Waals surface area contributed by atoms with Crippen LogP contribution < -0.4 is 10.6 Å². The third-order valence-electron chi connectivity index (χ3n) is 2.64. The molecule has 1 amide bonds. The van der Waals surface area contributed by atoms with Gasteiger partial charge in [0.05, 0.1) is 12.6 Å². The van der Waals surface area contributed by atoms with Gasteiger partial charge in [0.1, 0.15) is 0 Å². The average Bonchev–Trinajstić information content (AvgIpc) is 2.80. The van der Waals surface area contributed by atoms with Gasteiger partial charge in [-0.05, 0) is 30.8 Å². The number of hydrogen-bond acceptors (Lipinski definition) is 3. The van der Waals surface area contributed by atoms with Crippen molar-refractivity contribution in [1.29, 1.82) is 0 Å². The van der Waals surface area contributed by atoms with Gasteiger partial charge >= 0.3 is 0 Å². The quantitative estimate of drug-likeness (QED) is 0.817. The normalized spacial score (nSPS) is 21.2. The van der Waals surface area contributed by atoms with Crippen LogP contribution in [0.5, 0.6) is 0 Å². The smallest absolute Gasteiger partial charge is 0.237 e. The Morgan fingerprint density at radius 2 is 2.53 bits per heavy atom. The molecule has 0 unspecified atom stereocenters. The van der Waals surface area contributed by atoms with Crippen LogP contribution in [-0.2, 0) is 11.3 Å². The van der Waals surface area contributed by atoms with Gasteiger partial charge in [-0.15, -0.1) is 11.3 Å². The Labute approximate surface area is 93.9 Å². The molecule has 2 rings (SSSR count). The predicted molar refractivity (Wildman–Crippen MR) is 61.8 cm³/mol. The molecule has 1 aliphatic rings. The van der Waals surface area contributed by atoms with Gasteiger partial charge in [-0.2, -0.15) is 0 Å². The van der Waals surface area contributed by atoms with Crippen molar-refractivity contribution < 1.29 is 4.79 Å². The molecule has 4 heteroatoms. The molecule has 0 radical (unpaired) electrons. The summed E-state index contributed by atoms with van der Waals surface area (Å²) in [7, 11) is 0. The van der Waals surface area contributed by atoms with Crippen molar-refractivity contribution in [2.75, 3.05) is 6.54 Å². The van der Waals surface area contributed by atoms with Gasteiger partial charge in [0.2, 0.25) is 5.91 Å². The number of carbonyl (C=O) groups is 1. The van der Waals surface area contributed by atoms with Crippen LogP contribution in [0, 0.1) is 0 Å². The highest BCUT2D eigenvalue weighted by atomic mass is 32.1. The van der Waals surface area contributed by atoms with Crippen LogP contribution in [0.3, 0.4) is 0 Å². The van der Waals surface area contributed by atoms with Gasteiger partial charge in [-0.1, -0.05) is 12.5 Å². The van der Waals surface area contributed by atoms with Gasteiger partial charge in [-0.3, -0.25) is 4.79 Å². The first-order valence-electron chi connectivity index (χ1n) is 5.40. The van der Waals surface area contributed by atoms with Crippen LogP contribution in [0.15, 0.2) is 17.5 Å². The average molecular weight is 224 g/mol.